The number of methoxy groups -OCH3 is 4. The monoisotopic (exact) mass is 710 g/mol. The Labute approximate surface area is 282 Å². The summed E-state index contributed by atoms with van der Waals surface area (Å²) in [5, 5.41) is 18.9. The Hall–Kier alpha value is -4.34. The molecule has 0 saturated carbocycles. The largest absolute Gasteiger partial charge is 0.502 e. The van der Waals surface area contributed by atoms with Gasteiger partial charge in [0.05, 0.1) is 56.6 Å². The molecule has 0 fully saturated rings. The Morgan fingerprint density at radius 1 is 0.750 bits per heavy atom. The van der Waals surface area contributed by atoms with Gasteiger partial charge in [-0.25, -0.2) is 8.78 Å². The summed E-state index contributed by atoms with van der Waals surface area (Å²) in [6.07, 6.45) is 0.321. The van der Waals surface area contributed by atoms with Crippen LogP contribution < -0.4 is 14.2 Å². The Kier molecular flexibility index (Phi) is 13.6. The van der Waals surface area contributed by atoms with Gasteiger partial charge in [0.15, 0.2) is 46.2 Å². The molecule has 11 nitrogen and oxygen atoms in total. The van der Waals surface area contributed by atoms with Crippen LogP contribution in [0.1, 0.15) is 52.5 Å². The number of hydrogen-bond acceptors (Lipinski definition) is 13. The van der Waals surface area contributed by atoms with E-state index in [-0.39, 0.29) is 65.6 Å². The molecule has 2 heterocycles. The standard InChI is InChI=1S/C18H21FO6S.C15H15FO5S/c1-10(18(22)24-3)7-12(21)15-8-11-14(26-15)9-13(23-2)17(16(11)19)25-6-4-5-20;1-7(15(19)21-3)4-9(17)12-5-8-11(22-12)6-10(20-2)14(18)13(8)16/h8-10,20H,4-7H2,1-3H3;5-7,18H,4H2,1-3H3/t10-;7-/m00/s1. The van der Waals surface area contributed by atoms with Crippen molar-refractivity contribution in [2.45, 2.75) is 33.1 Å². The maximum atomic E-state index is 14.8. The highest BCUT2D eigenvalue weighted by atomic mass is 32.1. The molecule has 0 aliphatic heterocycles. The smallest absolute Gasteiger partial charge is 0.308 e. The fourth-order valence-electron chi connectivity index (χ4n) is 4.49. The number of rotatable bonds is 14. The number of phenols is 1. The van der Waals surface area contributed by atoms with Gasteiger partial charge in [0.25, 0.3) is 0 Å². The number of aromatic hydroxyl groups is 1. The number of ether oxygens (including phenoxy) is 5. The molecule has 48 heavy (non-hydrogen) atoms. The fourth-order valence-corrected chi connectivity index (χ4v) is 6.56. The summed E-state index contributed by atoms with van der Waals surface area (Å²) in [6.45, 7) is 3.27. The van der Waals surface area contributed by atoms with Crippen LogP contribution in [0.2, 0.25) is 0 Å². The van der Waals surface area contributed by atoms with Gasteiger partial charge in [0, 0.05) is 58.2 Å². The molecule has 4 rings (SSSR count). The lowest BCUT2D eigenvalue weighted by Gasteiger charge is -2.11. The number of fused-ring (bicyclic) bond motifs is 2. The summed E-state index contributed by atoms with van der Waals surface area (Å²) in [7, 11) is 5.24. The molecular formula is C33H36F2O11S2. The van der Waals surface area contributed by atoms with Crippen LogP contribution in [0.25, 0.3) is 20.2 Å². The molecule has 2 N–H and O–H groups in total. The zero-order valence-electron chi connectivity index (χ0n) is 27.1. The number of esters is 2. The number of carbonyl (C=O) groups excluding carboxylic acids is 4. The number of halogens is 2. The van der Waals surface area contributed by atoms with Crippen LogP contribution in [0, 0.1) is 23.5 Å². The van der Waals surface area contributed by atoms with Crippen molar-refractivity contribution in [3.05, 3.63) is 45.7 Å². The first-order valence-corrected chi connectivity index (χ1v) is 16.2. The Bertz CT molecular complexity index is 1800. The highest BCUT2D eigenvalue weighted by Gasteiger charge is 2.24. The highest BCUT2D eigenvalue weighted by molar-refractivity contribution is 7.21. The van der Waals surface area contributed by atoms with Crippen molar-refractivity contribution >= 4 is 66.4 Å². The van der Waals surface area contributed by atoms with Gasteiger partial charge in [-0.05, 0) is 12.1 Å². The second-order valence-electron chi connectivity index (χ2n) is 10.5. The van der Waals surface area contributed by atoms with E-state index >= 15 is 0 Å². The van der Waals surface area contributed by atoms with E-state index in [9.17, 15) is 33.1 Å². The van der Waals surface area contributed by atoms with Crippen molar-refractivity contribution in [1.29, 1.82) is 0 Å². The molecule has 0 spiro atoms. The predicted molar refractivity (Wildman–Crippen MR) is 176 cm³/mol. The minimum Gasteiger partial charge on any atom is -0.502 e. The zero-order chi connectivity index (χ0) is 35.7. The van der Waals surface area contributed by atoms with E-state index in [1.54, 1.807) is 19.9 Å². The van der Waals surface area contributed by atoms with Crippen molar-refractivity contribution in [2.75, 3.05) is 41.7 Å². The number of hydrogen-bond donors (Lipinski definition) is 2. The van der Waals surface area contributed by atoms with Crippen molar-refractivity contribution < 1.29 is 61.9 Å². The lowest BCUT2D eigenvalue weighted by molar-refractivity contribution is -0.145. The van der Waals surface area contributed by atoms with E-state index in [1.165, 1.54) is 46.6 Å². The summed E-state index contributed by atoms with van der Waals surface area (Å²) in [4.78, 5) is 48.1. The molecule has 0 saturated heterocycles. The molecule has 0 bridgehead atoms. The van der Waals surface area contributed by atoms with Crippen molar-refractivity contribution in [3.63, 3.8) is 0 Å². The Morgan fingerprint density at radius 3 is 1.65 bits per heavy atom. The number of benzene rings is 2. The lowest BCUT2D eigenvalue weighted by atomic mass is 10.0. The van der Waals surface area contributed by atoms with Gasteiger partial charge >= 0.3 is 11.9 Å². The third-order valence-corrected chi connectivity index (χ3v) is 9.36. The van der Waals surface area contributed by atoms with Gasteiger partial charge < -0.3 is 33.9 Å². The topological polar surface area (TPSA) is 155 Å². The maximum Gasteiger partial charge on any atom is 0.308 e. The number of ketones is 2. The molecule has 2 atom stereocenters. The summed E-state index contributed by atoms with van der Waals surface area (Å²) >= 11 is 2.22. The number of Topliss-reactive ketones (excluding diaryl/α,β-unsaturated/α-hetero) is 2. The first-order chi connectivity index (χ1) is 22.8. The van der Waals surface area contributed by atoms with E-state index in [4.69, 9.17) is 19.3 Å². The van der Waals surface area contributed by atoms with Crippen LogP contribution in [0.4, 0.5) is 8.78 Å². The molecule has 15 heteroatoms. The quantitative estimate of drug-likeness (QED) is 0.0857. The van der Waals surface area contributed by atoms with Gasteiger partial charge in [-0.1, -0.05) is 13.8 Å². The zero-order valence-corrected chi connectivity index (χ0v) is 28.8. The second-order valence-corrected chi connectivity index (χ2v) is 12.7. The molecule has 0 radical (unpaired) electrons. The van der Waals surface area contributed by atoms with Crippen molar-refractivity contribution in [2.24, 2.45) is 11.8 Å². The van der Waals surface area contributed by atoms with E-state index in [2.05, 4.69) is 9.47 Å². The van der Waals surface area contributed by atoms with Crippen LogP contribution in [0.3, 0.4) is 0 Å². The van der Waals surface area contributed by atoms with Gasteiger partial charge in [-0.2, -0.15) is 0 Å². The van der Waals surface area contributed by atoms with E-state index < -0.39 is 41.2 Å². The summed E-state index contributed by atoms with van der Waals surface area (Å²) in [5.74, 6) is -4.48. The van der Waals surface area contributed by atoms with Crippen molar-refractivity contribution in [1.82, 2.24) is 0 Å². The predicted octanol–water partition coefficient (Wildman–Crippen LogP) is 6.33. The molecule has 0 unspecified atom stereocenters. The third-order valence-electron chi connectivity index (χ3n) is 7.11. The lowest BCUT2D eigenvalue weighted by Crippen LogP contribution is -2.16. The van der Waals surface area contributed by atoms with Crippen LogP contribution in [0.15, 0.2) is 24.3 Å². The number of aliphatic hydroxyl groups excluding tert-OH is 1. The summed E-state index contributed by atoms with van der Waals surface area (Å²) in [6, 6.07) is 5.91. The molecule has 0 aliphatic rings. The first kappa shape index (κ1) is 38.1. The normalized spacial score (nSPS) is 12.1. The van der Waals surface area contributed by atoms with E-state index in [0.29, 0.717) is 25.6 Å². The molecule has 2 aromatic carbocycles. The Morgan fingerprint density at radius 2 is 1.21 bits per heavy atom. The first-order valence-electron chi connectivity index (χ1n) is 14.6. The third kappa shape index (κ3) is 8.76. The molecule has 2 aromatic heterocycles. The van der Waals surface area contributed by atoms with Gasteiger partial charge in [-0.3, -0.25) is 19.2 Å². The second kappa shape index (κ2) is 17.2. The van der Waals surface area contributed by atoms with Gasteiger partial charge in [0.2, 0.25) is 0 Å². The Balaban J connectivity index is 0.000000264. The summed E-state index contributed by atoms with van der Waals surface area (Å²) < 4.78 is 54.6. The minimum absolute atomic E-state index is 0.00813. The summed E-state index contributed by atoms with van der Waals surface area (Å²) in [5.41, 5.74) is 0. The number of phenolic OH excluding ortho intramolecular Hbond substituents is 1. The SMILES string of the molecule is COC(=O)[C@@H](C)CC(=O)c1cc2c(F)c(O)c(OC)cc2s1.COC(=O)[C@@H](C)CC(=O)c1cc2c(F)c(OCCCO)c(OC)cc2s1. The van der Waals surface area contributed by atoms with Crippen LogP contribution in [-0.2, 0) is 19.1 Å². The van der Waals surface area contributed by atoms with Crippen molar-refractivity contribution in [3.8, 4) is 23.0 Å². The number of aliphatic hydroxyl groups is 1. The molecule has 260 valence electrons. The van der Waals surface area contributed by atoms with Crippen LogP contribution in [0.5, 0.6) is 23.0 Å². The van der Waals surface area contributed by atoms with E-state index in [0.717, 1.165) is 22.7 Å². The van der Waals surface area contributed by atoms with Gasteiger partial charge in [-0.15, -0.1) is 22.7 Å². The number of thiophene rings is 2. The maximum absolute atomic E-state index is 14.8. The molecule has 4 aromatic rings. The van der Waals surface area contributed by atoms with Gasteiger partial charge in [0.1, 0.15) is 0 Å². The van der Waals surface area contributed by atoms with E-state index in [1.807, 2.05) is 0 Å². The average molecular weight is 711 g/mol. The molecule has 0 aliphatic carbocycles. The minimum atomic E-state index is -0.828. The van der Waals surface area contributed by atoms with Crippen LogP contribution >= 0.6 is 22.7 Å². The average Bonchev–Trinajstić information content (AvgIpc) is 3.72. The molecular weight excluding hydrogens is 674 g/mol. The fraction of sp³-hybridized carbons (Fsp3) is 0.394. The number of carbonyl (C=O) groups is 4. The van der Waals surface area contributed by atoms with Crippen LogP contribution in [-0.4, -0.2) is 75.4 Å². The molecule has 0 amide bonds. The highest BCUT2D eigenvalue weighted by Crippen LogP contribution is 2.41.